The summed E-state index contributed by atoms with van der Waals surface area (Å²) in [6, 6.07) is 6.05. The molecule has 2 heterocycles. The molecule has 2 atom stereocenters. The highest BCUT2D eigenvalue weighted by Gasteiger charge is 2.43. The first-order valence-corrected chi connectivity index (χ1v) is 10.2. The van der Waals surface area contributed by atoms with Gasteiger partial charge in [-0.25, -0.2) is 0 Å². The van der Waals surface area contributed by atoms with Crippen molar-refractivity contribution in [3.05, 3.63) is 82.8 Å². The lowest BCUT2D eigenvalue weighted by molar-refractivity contribution is -0.142. The molecule has 0 saturated carbocycles. The summed E-state index contributed by atoms with van der Waals surface area (Å²) in [6.07, 6.45) is 4.92. The number of aliphatic hydroxyl groups excluding tert-OH is 2. The Morgan fingerprint density at radius 2 is 1.06 bits per heavy atom. The largest absolute Gasteiger partial charge is 0.504 e. The van der Waals surface area contributed by atoms with Crippen molar-refractivity contribution in [3.63, 3.8) is 0 Å². The fourth-order valence-corrected chi connectivity index (χ4v) is 3.83. The van der Waals surface area contributed by atoms with Crippen molar-refractivity contribution in [1.29, 1.82) is 0 Å². The number of methoxy groups -OCH3 is 2. The van der Waals surface area contributed by atoms with E-state index < -0.39 is 58.0 Å². The molecule has 0 aromatic carbocycles. The summed E-state index contributed by atoms with van der Waals surface area (Å²) in [7, 11) is 2.32. The molecule has 1 aliphatic rings. The normalized spacial score (nSPS) is 15.7. The Hall–Kier alpha value is -4.34. The molecule has 1 aliphatic carbocycles. The smallest absolute Gasteiger partial charge is 0.306 e. The minimum Gasteiger partial charge on any atom is -0.504 e. The minimum atomic E-state index is -1.09. The van der Waals surface area contributed by atoms with Gasteiger partial charge in [0.1, 0.15) is 0 Å². The number of Topliss-reactive ketones (excluding diaryl/α,β-unsaturated/α-hetero) is 2. The molecule has 3 rings (SSSR count). The Balaban J connectivity index is 2.13. The highest BCUT2D eigenvalue weighted by molar-refractivity contribution is 6.24. The Labute approximate surface area is 194 Å². The van der Waals surface area contributed by atoms with Crippen LogP contribution in [0.1, 0.15) is 35.8 Å². The van der Waals surface area contributed by atoms with Crippen molar-refractivity contribution < 1.29 is 38.9 Å². The van der Waals surface area contributed by atoms with E-state index in [9.17, 15) is 29.4 Å². The van der Waals surface area contributed by atoms with Gasteiger partial charge in [-0.3, -0.25) is 29.1 Å². The second kappa shape index (κ2) is 10.5. The van der Waals surface area contributed by atoms with E-state index in [1.807, 2.05) is 0 Å². The number of aromatic nitrogens is 2. The third-order valence-corrected chi connectivity index (χ3v) is 5.54. The maximum absolute atomic E-state index is 13.3. The van der Waals surface area contributed by atoms with E-state index in [-0.39, 0.29) is 12.8 Å². The lowest BCUT2D eigenvalue weighted by atomic mass is 9.76. The van der Waals surface area contributed by atoms with E-state index in [4.69, 9.17) is 9.47 Å². The maximum Gasteiger partial charge on any atom is 0.306 e. The molecule has 0 unspecified atom stereocenters. The van der Waals surface area contributed by atoms with E-state index in [0.717, 1.165) is 14.2 Å². The summed E-state index contributed by atoms with van der Waals surface area (Å²) in [5.74, 6) is -7.50. The van der Waals surface area contributed by atoms with Gasteiger partial charge in [0, 0.05) is 36.6 Å². The van der Waals surface area contributed by atoms with Gasteiger partial charge in [0.2, 0.25) is 11.6 Å². The molecule has 0 saturated heterocycles. The molecule has 0 radical (unpaired) electrons. The molecule has 2 aromatic rings. The van der Waals surface area contributed by atoms with Crippen molar-refractivity contribution in [2.75, 3.05) is 14.2 Å². The first-order chi connectivity index (χ1) is 16.3. The lowest BCUT2D eigenvalue weighted by Crippen LogP contribution is -2.31. The average Bonchev–Trinajstić information content (AvgIpc) is 2.87. The zero-order chi connectivity index (χ0) is 24.8. The monoisotopic (exact) mass is 466 g/mol. The van der Waals surface area contributed by atoms with Crippen molar-refractivity contribution in [2.24, 2.45) is 0 Å². The van der Waals surface area contributed by atoms with Gasteiger partial charge in [0.05, 0.1) is 38.2 Å². The van der Waals surface area contributed by atoms with Crippen LogP contribution in [-0.4, -0.2) is 57.9 Å². The van der Waals surface area contributed by atoms with Crippen LogP contribution in [0.5, 0.6) is 0 Å². The second-order valence-electron chi connectivity index (χ2n) is 7.41. The molecule has 176 valence electrons. The zero-order valence-corrected chi connectivity index (χ0v) is 18.4. The molecule has 10 heteroatoms. The van der Waals surface area contributed by atoms with Crippen molar-refractivity contribution in [3.8, 4) is 0 Å². The fourth-order valence-electron chi connectivity index (χ4n) is 3.83. The number of allylic oxidation sites excluding steroid dienone is 2. The second-order valence-corrected chi connectivity index (χ2v) is 7.41. The molecule has 0 fully saturated rings. The number of ether oxygens (including phenoxy) is 2. The van der Waals surface area contributed by atoms with Gasteiger partial charge >= 0.3 is 11.9 Å². The van der Waals surface area contributed by atoms with E-state index in [2.05, 4.69) is 9.97 Å². The van der Waals surface area contributed by atoms with Gasteiger partial charge in [-0.15, -0.1) is 0 Å². The van der Waals surface area contributed by atoms with Crippen molar-refractivity contribution in [2.45, 2.75) is 24.7 Å². The molecular formula is C24H22N2O8. The van der Waals surface area contributed by atoms with Crippen LogP contribution < -0.4 is 0 Å². The number of hydrogen-bond acceptors (Lipinski definition) is 10. The van der Waals surface area contributed by atoms with Gasteiger partial charge < -0.3 is 19.7 Å². The van der Waals surface area contributed by atoms with Crippen LogP contribution in [0.15, 0.2) is 71.7 Å². The van der Waals surface area contributed by atoms with Crippen molar-refractivity contribution in [1.82, 2.24) is 9.97 Å². The highest BCUT2D eigenvalue weighted by atomic mass is 16.5. The summed E-state index contributed by atoms with van der Waals surface area (Å²) in [6.45, 7) is 0. The van der Waals surface area contributed by atoms with Crippen LogP contribution in [0.25, 0.3) is 0 Å². The Morgan fingerprint density at radius 3 is 1.35 bits per heavy atom. The maximum atomic E-state index is 13.3. The summed E-state index contributed by atoms with van der Waals surface area (Å²) >= 11 is 0. The standard InChI is InChI=1S/C24H22N2O8/c1-33-17(27)11-15(13-3-7-25-8-4-13)19-21(29)23(31)20(24(32)22(19)30)16(12-18(28)34-2)14-5-9-26-10-6-14/h3-10,15-16,29,32H,11-12H2,1-2H3/t15-,16+. The lowest BCUT2D eigenvalue weighted by Gasteiger charge is -2.27. The number of esters is 2. The van der Waals surface area contributed by atoms with E-state index in [0.29, 0.717) is 11.1 Å². The molecule has 34 heavy (non-hydrogen) atoms. The first kappa shape index (κ1) is 24.3. The van der Waals surface area contributed by atoms with Gasteiger partial charge in [0.15, 0.2) is 11.5 Å². The highest BCUT2D eigenvalue weighted by Crippen LogP contribution is 2.40. The van der Waals surface area contributed by atoms with Crippen molar-refractivity contribution >= 4 is 23.5 Å². The fraction of sp³-hybridized carbons (Fsp3) is 0.250. The molecule has 0 aliphatic heterocycles. The molecule has 0 spiro atoms. The first-order valence-electron chi connectivity index (χ1n) is 10.2. The Bertz CT molecular complexity index is 1080. The van der Waals surface area contributed by atoms with Crippen LogP contribution in [0.3, 0.4) is 0 Å². The molecule has 10 nitrogen and oxygen atoms in total. The van der Waals surface area contributed by atoms with Crippen LogP contribution in [-0.2, 0) is 28.7 Å². The van der Waals surface area contributed by atoms with Gasteiger partial charge in [-0.1, -0.05) is 0 Å². The van der Waals surface area contributed by atoms with E-state index in [1.165, 1.54) is 49.1 Å². The number of hydrogen-bond donors (Lipinski definition) is 2. The number of carbonyl (C=O) groups excluding carboxylic acids is 4. The van der Waals surface area contributed by atoms with Gasteiger partial charge in [-0.2, -0.15) is 0 Å². The number of rotatable bonds is 8. The molecule has 0 amide bonds. The summed E-state index contributed by atoms with van der Waals surface area (Å²) in [5, 5.41) is 21.7. The molecule has 0 bridgehead atoms. The number of ketones is 2. The zero-order valence-electron chi connectivity index (χ0n) is 18.4. The van der Waals surface area contributed by atoms with E-state index in [1.54, 1.807) is 0 Å². The number of carbonyl (C=O) groups is 4. The number of pyridine rings is 2. The third kappa shape index (κ3) is 4.85. The average molecular weight is 466 g/mol. The Kier molecular flexibility index (Phi) is 7.52. The molecular weight excluding hydrogens is 444 g/mol. The van der Waals surface area contributed by atoms with Crippen LogP contribution >= 0.6 is 0 Å². The van der Waals surface area contributed by atoms with Crippen LogP contribution in [0.4, 0.5) is 0 Å². The van der Waals surface area contributed by atoms with E-state index >= 15 is 0 Å². The number of aliphatic hydroxyl groups is 2. The van der Waals surface area contributed by atoms with Gasteiger partial charge in [0.25, 0.3) is 0 Å². The molecule has 2 N–H and O–H groups in total. The van der Waals surface area contributed by atoms with Crippen LogP contribution in [0.2, 0.25) is 0 Å². The predicted octanol–water partition coefficient (Wildman–Crippen LogP) is 2.25. The Morgan fingerprint density at radius 1 is 0.735 bits per heavy atom. The summed E-state index contributed by atoms with van der Waals surface area (Å²) in [4.78, 5) is 58.5. The topological polar surface area (TPSA) is 153 Å². The summed E-state index contributed by atoms with van der Waals surface area (Å²) in [5.41, 5.74) is -0.0945. The quantitative estimate of drug-likeness (QED) is 0.437. The SMILES string of the molecule is COC(=O)C[C@H](C1=C(O)C(=O)C([C@H](CC(=O)OC)c2ccncc2)=C(O)C1=O)c1ccncc1. The van der Waals surface area contributed by atoms with Crippen LogP contribution in [0, 0.1) is 0 Å². The third-order valence-electron chi connectivity index (χ3n) is 5.54. The molecule has 2 aromatic heterocycles. The summed E-state index contributed by atoms with van der Waals surface area (Å²) < 4.78 is 9.41. The minimum absolute atomic E-state index is 0.377. The number of nitrogens with zero attached hydrogens (tertiary/aromatic N) is 2. The van der Waals surface area contributed by atoms with Gasteiger partial charge in [-0.05, 0) is 35.4 Å². The predicted molar refractivity (Wildman–Crippen MR) is 117 cm³/mol.